The molecule has 8 nitrogen and oxygen atoms in total. The first kappa shape index (κ1) is 33.4. The number of pyridine rings is 1. The molecule has 1 atom stereocenters. The predicted molar refractivity (Wildman–Crippen MR) is 179 cm³/mol. The number of primary amides is 1. The molecule has 4 aromatic rings. The summed E-state index contributed by atoms with van der Waals surface area (Å²) in [6.07, 6.45) is 9.27. The average Bonchev–Trinajstić information content (AvgIpc) is 3.49. The summed E-state index contributed by atoms with van der Waals surface area (Å²) < 4.78 is 1.92. The Morgan fingerprint density at radius 2 is 1.67 bits per heavy atom. The van der Waals surface area contributed by atoms with Crippen LogP contribution in [-0.4, -0.2) is 49.2 Å². The van der Waals surface area contributed by atoms with Crippen molar-refractivity contribution >= 4 is 11.8 Å². The lowest BCUT2D eigenvalue weighted by atomic mass is 9.86. The van der Waals surface area contributed by atoms with Gasteiger partial charge in [0.2, 0.25) is 11.8 Å². The highest BCUT2D eigenvalue weighted by molar-refractivity contribution is 5.87. The van der Waals surface area contributed by atoms with Gasteiger partial charge in [0.05, 0.1) is 0 Å². The summed E-state index contributed by atoms with van der Waals surface area (Å²) in [4.78, 5) is 32.2. The lowest BCUT2D eigenvalue weighted by molar-refractivity contribution is -0.139. The number of hydrogen-bond donors (Lipinski definition) is 2. The largest absolute Gasteiger partial charge is 0.508 e. The van der Waals surface area contributed by atoms with E-state index in [1.807, 2.05) is 23.0 Å². The summed E-state index contributed by atoms with van der Waals surface area (Å²) in [6.45, 7) is 9.19. The number of hydrogen-bond acceptors (Lipinski definition) is 5. The van der Waals surface area contributed by atoms with Gasteiger partial charge in [0.25, 0.3) is 0 Å². The Morgan fingerprint density at radius 1 is 0.933 bits per heavy atom. The molecule has 0 aliphatic rings. The van der Waals surface area contributed by atoms with E-state index in [1.54, 1.807) is 35.4 Å². The van der Waals surface area contributed by atoms with Crippen LogP contribution in [0.1, 0.15) is 83.0 Å². The second-order valence-corrected chi connectivity index (χ2v) is 12.7. The van der Waals surface area contributed by atoms with E-state index in [4.69, 9.17) is 10.7 Å². The van der Waals surface area contributed by atoms with Crippen LogP contribution in [0, 0.1) is 0 Å². The maximum Gasteiger partial charge on any atom is 0.240 e. The number of carbonyl (C=O) groups excluding carboxylic acids is 2. The van der Waals surface area contributed by atoms with E-state index < -0.39 is 11.9 Å². The summed E-state index contributed by atoms with van der Waals surface area (Å²) in [5.74, 6) is 0.392. The van der Waals surface area contributed by atoms with Gasteiger partial charge < -0.3 is 15.7 Å². The molecule has 2 aromatic heterocycles. The highest BCUT2D eigenvalue weighted by Gasteiger charge is 2.28. The SMILES string of the molecule is CCCCN(C(=O)CCCCCc1ccnn1-c1ncccc1-c1ccc(C(C)(C)C)cc1)[C@@H](Cc1ccc(O)cc1)C(N)=O. The zero-order chi connectivity index (χ0) is 32.4. The van der Waals surface area contributed by atoms with E-state index in [0.717, 1.165) is 66.7 Å². The van der Waals surface area contributed by atoms with Gasteiger partial charge in [0, 0.05) is 43.0 Å². The number of rotatable bonds is 15. The Balaban J connectivity index is 1.37. The van der Waals surface area contributed by atoms with Crippen LogP contribution in [0.4, 0.5) is 0 Å². The van der Waals surface area contributed by atoms with Gasteiger partial charge in [0.1, 0.15) is 11.8 Å². The summed E-state index contributed by atoms with van der Waals surface area (Å²) in [6, 6.07) is 20.7. The van der Waals surface area contributed by atoms with Crippen molar-refractivity contribution in [2.24, 2.45) is 5.73 Å². The number of nitrogens with zero attached hydrogens (tertiary/aromatic N) is 4. The molecule has 238 valence electrons. The third kappa shape index (κ3) is 9.03. The van der Waals surface area contributed by atoms with Crippen LogP contribution < -0.4 is 5.73 Å². The van der Waals surface area contributed by atoms with Crippen molar-refractivity contribution in [3.63, 3.8) is 0 Å². The smallest absolute Gasteiger partial charge is 0.240 e. The van der Waals surface area contributed by atoms with Crippen LogP contribution >= 0.6 is 0 Å². The van der Waals surface area contributed by atoms with Crippen LogP contribution in [0.25, 0.3) is 16.9 Å². The van der Waals surface area contributed by atoms with Crippen molar-refractivity contribution in [3.05, 3.63) is 95.9 Å². The third-order valence-electron chi connectivity index (χ3n) is 8.24. The minimum absolute atomic E-state index is 0.0494. The Labute approximate surface area is 267 Å². The van der Waals surface area contributed by atoms with Crippen LogP contribution in [0.3, 0.4) is 0 Å². The molecule has 3 N–H and O–H groups in total. The number of benzene rings is 2. The molecule has 0 radical (unpaired) electrons. The van der Waals surface area contributed by atoms with Crippen molar-refractivity contribution in [3.8, 4) is 22.7 Å². The molecule has 4 rings (SSSR count). The molecule has 0 saturated carbocycles. The van der Waals surface area contributed by atoms with E-state index in [0.29, 0.717) is 19.4 Å². The number of carbonyl (C=O) groups is 2. The van der Waals surface area contributed by atoms with Crippen LogP contribution in [-0.2, 0) is 27.8 Å². The fraction of sp³-hybridized carbons (Fsp3) is 0.405. The quantitative estimate of drug-likeness (QED) is 0.145. The van der Waals surface area contributed by atoms with Crippen LogP contribution in [0.2, 0.25) is 0 Å². The maximum atomic E-state index is 13.4. The van der Waals surface area contributed by atoms with Crippen molar-refractivity contribution in [2.45, 2.75) is 90.5 Å². The van der Waals surface area contributed by atoms with Gasteiger partial charge in [-0.2, -0.15) is 5.10 Å². The second-order valence-electron chi connectivity index (χ2n) is 12.7. The fourth-order valence-electron chi connectivity index (χ4n) is 5.56. The Morgan fingerprint density at radius 3 is 2.33 bits per heavy atom. The van der Waals surface area contributed by atoms with Crippen molar-refractivity contribution in [1.82, 2.24) is 19.7 Å². The molecule has 0 spiro atoms. The van der Waals surface area contributed by atoms with Crippen molar-refractivity contribution < 1.29 is 14.7 Å². The molecule has 0 bridgehead atoms. The molecule has 2 aromatic carbocycles. The highest BCUT2D eigenvalue weighted by Crippen LogP contribution is 2.29. The minimum atomic E-state index is -0.722. The Bertz CT molecular complexity index is 1540. The number of phenols is 1. The standard InChI is InChI=1S/C37H47N5O3/c1-5-6-25-41(33(35(38)45)26-27-14-20-31(43)21-15-27)34(44)13-9-7-8-11-30-22-24-40-42(30)36-32(12-10-23-39-36)28-16-18-29(19-17-28)37(2,3)4/h10,12,14-24,33,43H,5-9,11,13,25-26H2,1-4H3,(H2,38,45)/t33-/m0/s1. The van der Waals surface area contributed by atoms with Crippen LogP contribution in [0.15, 0.2) is 79.1 Å². The van der Waals surface area contributed by atoms with Gasteiger partial charge in [-0.1, -0.05) is 76.9 Å². The first-order chi connectivity index (χ1) is 21.6. The monoisotopic (exact) mass is 609 g/mol. The number of phenolic OH excluding ortho intramolecular Hbond substituents is 1. The maximum absolute atomic E-state index is 13.4. The van der Waals surface area contributed by atoms with Gasteiger partial charge in [-0.05, 0) is 78.1 Å². The predicted octanol–water partition coefficient (Wildman–Crippen LogP) is 6.77. The molecule has 2 amide bonds. The molecule has 0 fully saturated rings. The highest BCUT2D eigenvalue weighted by atomic mass is 16.3. The van der Waals surface area contributed by atoms with Gasteiger partial charge >= 0.3 is 0 Å². The number of unbranched alkanes of at least 4 members (excludes halogenated alkanes) is 3. The number of amides is 2. The van der Waals surface area contributed by atoms with Gasteiger partial charge in [-0.15, -0.1) is 0 Å². The molecule has 0 aliphatic heterocycles. The van der Waals surface area contributed by atoms with E-state index >= 15 is 0 Å². The number of aryl methyl sites for hydroxylation is 1. The lowest BCUT2D eigenvalue weighted by Crippen LogP contribution is -2.49. The molecule has 2 heterocycles. The van der Waals surface area contributed by atoms with Gasteiger partial charge in [-0.3, -0.25) is 9.59 Å². The number of aromatic nitrogens is 3. The normalized spacial score (nSPS) is 12.2. The first-order valence-electron chi connectivity index (χ1n) is 16.0. The van der Waals surface area contributed by atoms with Crippen molar-refractivity contribution in [1.29, 1.82) is 0 Å². The fourth-order valence-corrected chi connectivity index (χ4v) is 5.56. The summed E-state index contributed by atoms with van der Waals surface area (Å²) in [7, 11) is 0. The second kappa shape index (κ2) is 15.5. The molecule has 45 heavy (non-hydrogen) atoms. The summed E-state index contributed by atoms with van der Waals surface area (Å²) in [5.41, 5.74) is 11.2. The van der Waals surface area contributed by atoms with Gasteiger partial charge in [-0.25, -0.2) is 9.67 Å². The van der Waals surface area contributed by atoms with E-state index in [9.17, 15) is 14.7 Å². The first-order valence-corrected chi connectivity index (χ1v) is 16.0. The molecule has 0 unspecified atom stereocenters. The topological polar surface area (TPSA) is 114 Å². The minimum Gasteiger partial charge on any atom is -0.508 e. The summed E-state index contributed by atoms with van der Waals surface area (Å²) in [5, 5.41) is 14.2. The molecular weight excluding hydrogens is 562 g/mol. The molecule has 8 heteroatoms. The lowest BCUT2D eigenvalue weighted by Gasteiger charge is -2.30. The number of aromatic hydroxyl groups is 1. The van der Waals surface area contributed by atoms with Crippen molar-refractivity contribution in [2.75, 3.05) is 6.54 Å². The number of nitrogens with two attached hydrogens (primary N) is 1. The zero-order valence-corrected chi connectivity index (χ0v) is 27.1. The van der Waals surface area contributed by atoms with Crippen LogP contribution in [0.5, 0.6) is 5.75 Å². The molecule has 0 aliphatic carbocycles. The Kier molecular flexibility index (Phi) is 11.5. The third-order valence-corrected chi connectivity index (χ3v) is 8.24. The van der Waals surface area contributed by atoms with E-state index in [1.165, 1.54) is 5.56 Å². The zero-order valence-electron chi connectivity index (χ0n) is 27.1. The van der Waals surface area contributed by atoms with Gasteiger partial charge in [0.15, 0.2) is 5.82 Å². The molecule has 0 saturated heterocycles. The average molecular weight is 610 g/mol. The van der Waals surface area contributed by atoms with E-state index in [2.05, 4.69) is 63.1 Å². The summed E-state index contributed by atoms with van der Waals surface area (Å²) >= 11 is 0. The molecular formula is C37H47N5O3. The van der Waals surface area contributed by atoms with E-state index in [-0.39, 0.29) is 17.1 Å². The Hall–Kier alpha value is -4.46.